The Balaban J connectivity index is 1.39. The van der Waals surface area contributed by atoms with Gasteiger partial charge in [0.15, 0.2) is 12.2 Å². The van der Waals surface area contributed by atoms with Crippen LogP contribution in [0.25, 0.3) is 0 Å². The molecule has 4 saturated heterocycles. The molecule has 22 atom stereocenters. The van der Waals surface area contributed by atoms with E-state index in [2.05, 4.69) is 95.7 Å². The zero-order valence-corrected chi connectivity index (χ0v) is 69.0. The number of aliphatic hydroxyl groups is 9. The molecule has 44 heteroatoms. The number of carboxylic acids is 1. The number of halogens is 2. The Labute approximate surface area is 697 Å². The van der Waals surface area contributed by atoms with E-state index in [1.54, 1.807) is 13.0 Å². The van der Waals surface area contributed by atoms with Crippen molar-refractivity contribution in [2.24, 2.45) is 29.2 Å². The molecule has 0 aromatic carbocycles. The van der Waals surface area contributed by atoms with Crippen LogP contribution in [0.4, 0.5) is 0 Å². The van der Waals surface area contributed by atoms with Crippen molar-refractivity contribution < 1.29 is 133 Å². The first-order valence-corrected chi connectivity index (χ1v) is 41.8. The van der Waals surface area contributed by atoms with Crippen molar-refractivity contribution in [3.05, 3.63) is 23.8 Å². The molecule has 0 radical (unpaired) electrons. The number of ether oxygens (including phenoxy) is 1. The molecule has 4 bridgehead atoms. The molecule has 662 valence electrons. The second-order valence-corrected chi connectivity index (χ2v) is 34.5. The number of aliphatic hydroxyl groups excluding tert-OH is 9. The molecular formula is C74H116Br2N16O26. The number of hydrogen-bond donors (Lipinski definition) is 24. The number of nitrogens with one attached hydrogen (secondary N) is 13. The van der Waals surface area contributed by atoms with E-state index in [4.69, 9.17) is 16.2 Å². The summed E-state index contributed by atoms with van der Waals surface area (Å²) in [6, 6.07) is -23.4. The molecule has 14 amide bonds. The summed E-state index contributed by atoms with van der Waals surface area (Å²) in [7, 11) is 0. The lowest BCUT2D eigenvalue weighted by Gasteiger charge is -2.39. The Bertz CT molecular complexity index is 3590. The van der Waals surface area contributed by atoms with Gasteiger partial charge in [0.25, 0.3) is 0 Å². The smallest absolute Gasteiger partial charge is 0.248 e. The summed E-state index contributed by atoms with van der Waals surface area (Å²) in [5, 5.41) is 142. The fourth-order valence-corrected chi connectivity index (χ4v) is 16.9. The monoisotopic (exact) mass is 1800 g/mol. The average molecular weight is 1810 g/mol. The summed E-state index contributed by atoms with van der Waals surface area (Å²) in [5.74, 6) is -20.7. The van der Waals surface area contributed by atoms with Crippen LogP contribution < -0.4 is 85.3 Å². The first-order valence-electron chi connectivity index (χ1n) is 40.0. The van der Waals surface area contributed by atoms with E-state index >= 15 is 9.59 Å². The maximum absolute atomic E-state index is 15.4. The molecule has 118 heavy (non-hydrogen) atoms. The van der Waals surface area contributed by atoms with Gasteiger partial charge < -0.3 is 136 Å². The molecule has 0 aromatic heterocycles. The number of nitrogens with two attached hydrogens (primary N) is 2. The molecule has 3 saturated carbocycles. The van der Waals surface area contributed by atoms with Crippen LogP contribution in [0.1, 0.15) is 149 Å². The van der Waals surface area contributed by atoms with Crippen LogP contribution in [-0.4, -0.2) is 317 Å². The number of allylic oxidation sites excluding steroid dienone is 3. The third kappa shape index (κ3) is 29.7. The van der Waals surface area contributed by atoms with Crippen LogP contribution in [-0.2, 0) is 76.7 Å². The molecule has 0 aromatic rings. The molecule has 7 aliphatic rings. The second-order valence-electron chi connectivity index (χ2n) is 31.9. The lowest BCUT2D eigenvalue weighted by atomic mass is 9.84. The van der Waals surface area contributed by atoms with Gasteiger partial charge in [0.05, 0.1) is 75.6 Å². The van der Waals surface area contributed by atoms with Gasteiger partial charge in [-0.3, -0.25) is 72.0 Å². The van der Waals surface area contributed by atoms with Gasteiger partial charge in [-0.05, 0) is 102 Å². The van der Waals surface area contributed by atoms with E-state index in [0.717, 1.165) is 51.9 Å². The number of hydrogen-bond acceptors (Lipinski definition) is 27. The van der Waals surface area contributed by atoms with E-state index in [0.29, 0.717) is 48.9 Å². The standard InChI is InChI=1S/C74H116Br2N16O26/c1-34(8-9-36-10-14-39(75)15-11-36)20-52(97)43-27-57(102)82-50(30-93)69(112)87-49-29-91-28-41(92(33-91)73-62(105)60(103)53(98)32-118-73)23-46(66(109)89-58(35(2)95)71(114)88-51(31-94)70(113)84-45(65(108)83-43)21-37-6-4-3-5-7-37)80-56(101)25-42(96)24-48(74(116)117)81-55(100)18-19-79-64(107)44(22-38-12-16-40(76)17-13-38)86-72(115)59(61(104)63(78)106)90-67(110)47(26-54(77)99)85-68(49)111/h8-9,20,35-53,58-62,73,93-98,103-105H,3-7,10-19,21-33H2,1-2H3,(H2,77,99)(H2,78,106)(H,79,107)(H,80,101)(H,81,100)(H,82,102)(H,83,108)(H,84,113)(H,85,111)(H,86,115)(H,87,112)(H,88,114)(H,89,109)(H,90,110)(H,116,117). The Kier molecular flexibility index (Phi) is 38.4. The van der Waals surface area contributed by atoms with E-state index < -0.39 is 295 Å². The van der Waals surface area contributed by atoms with E-state index in [9.17, 15) is 113 Å². The largest absolute Gasteiger partial charge is 0.548 e. The third-order valence-electron chi connectivity index (χ3n) is 22.5. The molecule has 0 spiro atoms. The topological polar surface area (TPSA) is 674 Å². The van der Waals surface area contributed by atoms with Gasteiger partial charge >= 0.3 is 0 Å². The lowest BCUT2D eigenvalue weighted by molar-refractivity contribution is -0.968. The minimum absolute atomic E-state index is 0.0197. The quantitative estimate of drug-likeness (QED) is 0.0475. The summed E-state index contributed by atoms with van der Waals surface area (Å²) in [6.07, 6.45) is -7.40. The first kappa shape index (κ1) is 97.1. The van der Waals surface area contributed by atoms with Gasteiger partial charge in [0.2, 0.25) is 88.9 Å². The molecule has 22 unspecified atom stereocenters. The van der Waals surface area contributed by atoms with Gasteiger partial charge in [-0.1, -0.05) is 87.8 Å². The Morgan fingerprint density at radius 1 is 0.585 bits per heavy atom. The summed E-state index contributed by atoms with van der Waals surface area (Å²) >= 11 is 7.21. The van der Waals surface area contributed by atoms with Crippen molar-refractivity contribution in [2.75, 3.05) is 46.1 Å². The van der Waals surface area contributed by atoms with Crippen molar-refractivity contribution >= 4 is 121 Å². The first-order chi connectivity index (χ1) is 55.8. The maximum atomic E-state index is 15.4. The van der Waals surface area contributed by atoms with Crippen molar-refractivity contribution in [1.82, 2.24) is 68.7 Å². The summed E-state index contributed by atoms with van der Waals surface area (Å²) in [5.41, 5.74) is 11.6. The zero-order valence-electron chi connectivity index (χ0n) is 65.8. The normalized spacial score (nSPS) is 35.4. The fourth-order valence-electron chi connectivity index (χ4n) is 15.8. The van der Waals surface area contributed by atoms with Crippen molar-refractivity contribution in [1.29, 1.82) is 0 Å². The number of rotatable bonds is 17. The highest BCUT2D eigenvalue weighted by Crippen LogP contribution is 2.33. The maximum Gasteiger partial charge on any atom is 0.248 e. The van der Waals surface area contributed by atoms with Gasteiger partial charge in [0.1, 0.15) is 79.3 Å². The molecule has 4 heterocycles. The number of aliphatic carboxylic acids is 1. The van der Waals surface area contributed by atoms with Crippen molar-refractivity contribution in [2.45, 2.75) is 280 Å². The molecule has 7 fully saturated rings. The molecule has 7 rings (SSSR count). The van der Waals surface area contributed by atoms with Crippen LogP contribution in [0.5, 0.6) is 0 Å². The van der Waals surface area contributed by atoms with Gasteiger partial charge in [0, 0.05) is 42.0 Å². The highest BCUT2D eigenvalue weighted by molar-refractivity contribution is 9.09. The minimum Gasteiger partial charge on any atom is -0.548 e. The number of nitrogens with zero attached hydrogens (tertiary/aromatic N) is 1. The highest BCUT2D eigenvalue weighted by Gasteiger charge is 2.52. The van der Waals surface area contributed by atoms with Gasteiger partial charge in [-0.25, -0.2) is 4.90 Å². The van der Waals surface area contributed by atoms with Gasteiger partial charge in [-0.15, -0.1) is 0 Å². The third-order valence-corrected chi connectivity index (χ3v) is 24.3. The van der Waals surface area contributed by atoms with Crippen LogP contribution in [0, 0.1) is 17.8 Å². The van der Waals surface area contributed by atoms with Crippen molar-refractivity contribution in [3.8, 4) is 0 Å². The summed E-state index contributed by atoms with van der Waals surface area (Å²) in [6.45, 7) is -2.97. The number of primary amides is 2. The highest BCUT2D eigenvalue weighted by atomic mass is 79.9. The molecule has 3 aliphatic carbocycles. The predicted octanol–water partition coefficient (Wildman–Crippen LogP) is -11.3. The Morgan fingerprint density at radius 3 is 1.75 bits per heavy atom. The average Bonchev–Trinajstić information content (AvgIpc) is 1.62. The number of fused-ring (bicyclic) bond motifs is 2. The second kappa shape index (κ2) is 46.7. The number of carboxylic acid groups (broad SMARTS) is 1. The minimum atomic E-state index is -2.66. The predicted molar refractivity (Wildman–Crippen MR) is 416 cm³/mol. The number of amides is 14. The van der Waals surface area contributed by atoms with E-state index in [1.165, 1.54) is 11.0 Å². The Hall–Kier alpha value is -7.99. The van der Waals surface area contributed by atoms with Crippen molar-refractivity contribution in [3.63, 3.8) is 0 Å². The van der Waals surface area contributed by atoms with Crippen LogP contribution in [0.3, 0.4) is 0 Å². The molecule has 4 aliphatic heterocycles. The summed E-state index contributed by atoms with van der Waals surface area (Å²) < 4.78 is 5.92. The van der Waals surface area contributed by atoms with Crippen LogP contribution >= 0.6 is 31.9 Å². The Morgan fingerprint density at radius 2 is 1.13 bits per heavy atom. The fraction of sp³-hybridized carbons (Fsp3) is 0.743. The van der Waals surface area contributed by atoms with Crippen LogP contribution in [0.2, 0.25) is 0 Å². The molecule has 26 N–H and O–H groups in total. The lowest BCUT2D eigenvalue weighted by Crippen LogP contribution is -3.20. The SMILES string of the molecule is CC(C=CC1CCC(Br)CC1)=CC(O)C1CC(=O)NC(CO)C(=O)NC2CN3CC(CC(NC(=O)CC(O)CC(C(=O)[O-])NC(=O)CCNC(=O)C(CC4CCC(Br)CC4)NC(=O)C(C(O)C(N)=O)NC(=O)C(CC(N)=O)NC2=O)C(=O)NC(C(C)O)C(=O)NC(CO)C(=O)NC(CC2CCCCC2)C(=O)N1)[NH+](C1OCC(O)C(O)C1O)C3. The van der Waals surface area contributed by atoms with E-state index in [-0.39, 0.29) is 40.3 Å². The summed E-state index contributed by atoms with van der Waals surface area (Å²) in [4.78, 5) is 216. The van der Waals surface area contributed by atoms with Crippen LogP contribution in [0.15, 0.2) is 23.8 Å². The molecular weight excluding hydrogens is 1690 g/mol. The van der Waals surface area contributed by atoms with E-state index in [1.807, 2.05) is 6.08 Å². The number of carbonyl (C=O) groups is 15. The van der Waals surface area contributed by atoms with Gasteiger partial charge in [-0.2, -0.15) is 0 Å². The number of quaternary nitrogens is 1. The number of carbonyl (C=O) groups excluding carboxylic acids is 15. The molecule has 42 nitrogen and oxygen atoms in total. The number of alkyl halides is 2. The zero-order chi connectivity index (χ0) is 86.9.